The number of hydrogen-bond acceptors (Lipinski definition) is 3. The van der Waals surface area contributed by atoms with Crippen molar-refractivity contribution < 1.29 is 4.79 Å². The summed E-state index contributed by atoms with van der Waals surface area (Å²) in [5.74, 6) is -0.296. The molecule has 0 spiro atoms. The van der Waals surface area contributed by atoms with Gasteiger partial charge >= 0.3 is 0 Å². The first-order chi connectivity index (χ1) is 8.40. The van der Waals surface area contributed by atoms with Gasteiger partial charge in [-0.3, -0.25) is 21.0 Å². The largest absolute Gasteiger partial charge is 0.375 e. The lowest BCUT2D eigenvalue weighted by Gasteiger charge is -2.10. The first-order valence-electron chi connectivity index (χ1n) is 4.83. The average molecular weight is 394 g/mol. The van der Waals surface area contributed by atoms with E-state index in [1.165, 1.54) is 0 Å². The van der Waals surface area contributed by atoms with Gasteiger partial charge in [0.2, 0.25) is 0 Å². The van der Waals surface area contributed by atoms with Crippen LogP contribution < -0.4 is 21.9 Å². The molecule has 0 aliphatic heterocycles. The zero-order valence-electron chi connectivity index (χ0n) is 9.41. The molecule has 5 N–H and O–H groups in total. The Morgan fingerprint density at radius 1 is 1.33 bits per heavy atom. The van der Waals surface area contributed by atoms with Crippen LogP contribution in [-0.2, 0) is 0 Å². The van der Waals surface area contributed by atoms with Crippen LogP contribution >= 0.6 is 47.0 Å². The first kappa shape index (κ1) is 15.1. The molecule has 0 saturated carbocycles. The summed E-state index contributed by atoms with van der Waals surface area (Å²) in [6.45, 7) is 1.97. The average Bonchev–Trinajstić information content (AvgIpc) is 2.30. The van der Waals surface area contributed by atoms with Gasteiger partial charge in [-0.15, -0.1) is 0 Å². The number of carbonyl (C=O) groups is 1. The number of benzene rings is 1. The second-order valence-electron chi connectivity index (χ2n) is 3.36. The third-order valence-corrected chi connectivity index (χ3v) is 3.43. The van der Waals surface area contributed by atoms with Crippen LogP contribution in [0.1, 0.15) is 15.9 Å². The summed E-state index contributed by atoms with van der Waals surface area (Å²) >= 11 is 11.6. The molecule has 0 aromatic heterocycles. The van der Waals surface area contributed by atoms with Gasteiger partial charge in [0.05, 0.1) is 0 Å². The second kappa shape index (κ2) is 6.81. The van der Waals surface area contributed by atoms with E-state index in [1.807, 2.05) is 13.0 Å². The Kier molecular flexibility index (Phi) is 5.69. The standard InChI is InChI=1S/C10H11IN4OS2/c1-5-2-3-6(4-7(5)11)8(16)13-10(18)15-14-9(12)17/h2-4H,1H3,(H3,12,14,17)(H2,13,15,16,18). The number of nitrogens with two attached hydrogens (primary N) is 1. The summed E-state index contributed by atoms with van der Waals surface area (Å²) in [4.78, 5) is 11.8. The Hall–Kier alpha value is -1.00. The molecule has 0 radical (unpaired) electrons. The maximum Gasteiger partial charge on any atom is 0.257 e. The number of nitrogens with one attached hydrogen (secondary N) is 3. The van der Waals surface area contributed by atoms with Crippen molar-refractivity contribution in [3.05, 3.63) is 32.9 Å². The SMILES string of the molecule is Cc1ccc(C(=O)NC(=S)NNC(N)=S)cc1I. The molecule has 1 aromatic carbocycles. The van der Waals surface area contributed by atoms with Crippen LogP contribution in [-0.4, -0.2) is 16.1 Å². The molecule has 1 aromatic rings. The van der Waals surface area contributed by atoms with E-state index in [4.69, 9.17) is 18.0 Å². The second-order valence-corrected chi connectivity index (χ2v) is 5.37. The number of amides is 1. The van der Waals surface area contributed by atoms with E-state index in [2.05, 4.69) is 51.0 Å². The molecule has 0 aliphatic rings. The van der Waals surface area contributed by atoms with Crippen molar-refractivity contribution in [2.75, 3.05) is 0 Å². The molecule has 0 saturated heterocycles. The third-order valence-electron chi connectivity index (χ3n) is 1.96. The summed E-state index contributed by atoms with van der Waals surface area (Å²) < 4.78 is 1.01. The van der Waals surface area contributed by atoms with Crippen molar-refractivity contribution >= 4 is 63.2 Å². The molecule has 18 heavy (non-hydrogen) atoms. The van der Waals surface area contributed by atoms with Crippen molar-refractivity contribution in [3.8, 4) is 0 Å². The van der Waals surface area contributed by atoms with E-state index in [-0.39, 0.29) is 16.1 Å². The quantitative estimate of drug-likeness (QED) is 0.323. The fraction of sp³-hybridized carbons (Fsp3) is 0.100. The zero-order chi connectivity index (χ0) is 13.7. The maximum absolute atomic E-state index is 11.8. The Bertz CT molecular complexity index is 507. The fourth-order valence-electron chi connectivity index (χ4n) is 1.06. The topological polar surface area (TPSA) is 79.2 Å². The zero-order valence-corrected chi connectivity index (χ0v) is 13.2. The Morgan fingerprint density at radius 3 is 2.56 bits per heavy atom. The Morgan fingerprint density at radius 2 is 2.00 bits per heavy atom. The highest BCUT2D eigenvalue weighted by Gasteiger charge is 2.08. The van der Waals surface area contributed by atoms with Crippen molar-refractivity contribution in [2.45, 2.75) is 6.92 Å². The smallest absolute Gasteiger partial charge is 0.257 e. The van der Waals surface area contributed by atoms with Crippen molar-refractivity contribution in [3.63, 3.8) is 0 Å². The highest BCUT2D eigenvalue weighted by atomic mass is 127. The highest BCUT2D eigenvalue weighted by Crippen LogP contribution is 2.13. The molecular weight excluding hydrogens is 383 g/mol. The first-order valence-corrected chi connectivity index (χ1v) is 6.72. The molecule has 5 nitrogen and oxygen atoms in total. The normalized spacial score (nSPS) is 9.44. The summed E-state index contributed by atoms with van der Waals surface area (Å²) in [6.07, 6.45) is 0. The van der Waals surface area contributed by atoms with Crippen LogP contribution in [0.25, 0.3) is 0 Å². The van der Waals surface area contributed by atoms with Gasteiger partial charge in [-0.25, -0.2) is 0 Å². The van der Waals surface area contributed by atoms with Crippen molar-refractivity contribution in [1.82, 2.24) is 16.2 Å². The minimum atomic E-state index is -0.296. The van der Waals surface area contributed by atoms with Crippen LogP contribution in [0.2, 0.25) is 0 Å². The highest BCUT2D eigenvalue weighted by molar-refractivity contribution is 14.1. The van der Waals surface area contributed by atoms with E-state index >= 15 is 0 Å². The molecule has 0 unspecified atom stereocenters. The lowest BCUT2D eigenvalue weighted by Crippen LogP contribution is -2.50. The summed E-state index contributed by atoms with van der Waals surface area (Å²) in [5, 5.41) is 2.64. The number of halogens is 1. The summed E-state index contributed by atoms with van der Waals surface area (Å²) in [7, 11) is 0. The van der Waals surface area contributed by atoms with Crippen LogP contribution in [0, 0.1) is 10.5 Å². The molecule has 0 fully saturated rings. The third kappa shape index (κ3) is 4.70. The lowest BCUT2D eigenvalue weighted by atomic mass is 10.1. The van der Waals surface area contributed by atoms with Gasteiger partial charge in [-0.05, 0) is 71.6 Å². The van der Waals surface area contributed by atoms with E-state index in [0.717, 1.165) is 9.13 Å². The number of rotatable bonds is 1. The van der Waals surface area contributed by atoms with E-state index < -0.39 is 0 Å². The van der Waals surface area contributed by atoms with Gasteiger partial charge in [0.1, 0.15) is 0 Å². The predicted octanol–water partition coefficient (Wildman–Crippen LogP) is 0.952. The van der Waals surface area contributed by atoms with E-state index in [1.54, 1.807) is 12.1 Å². The molecule has 1 rings (SSSR count). The summed E-state index contributed by atoms with van der Waals surface area (Å²) in [5.41, 5.74) is 11.8. The molecule has 8 heteroatoms. The van der Waals surface area contributed by atoms with Gasteiger partial charge in [0, 0.05) is 9.13 Å². The predicted molar refractivity (Wildman–Crippen MR) is 87.0 cm³/mol. The van der Waals surface area contributed by atoms with E-state index in [9.17, 15) is 4.79 Å². The van der Waals surface area contributed by atoms with Crippen molar-refractivity contribution in [1.29, 1.82) is 0 Å². The number of thiocarbonyl (C=S) groups is 2. The molecule has 1 amide bonds. The molecule has 0 heterocycles. The minimum Gasteiger partial charge on any atom is -0.375 e. The van der Waals surface area contributed by atoms with Gasteiger partial charge in [0.15, 0.2) is 10.2 Å². The molecule has 0 bridgehead atoms. The van der Waals surface area contributed by atoms with Gasteiger partial charge in [-0.1, -0.05) is 6.07 Å². The Balaban J connectivity index is 2.62. The van der Waals surface area contributed by atoms with Gasteiger partial charge in [-0.2, -0.15) is 0 Å². The Labute approximate surface area is 129 Å². The lowest BCUT2D eigenvalue weighted by molar-refractivity contribution is 0.0976. The summed E-state index contributed by atoms with van der Waals surface area (Å²) in [6, 6.07) is 5.39. The molecule has 96 valence electrons. The van der Waals surface area contributed by atoms with E-state index in [0.29, 0.717) is 5.56 Å². The van der Waals surface area contributed by atoms with Crippen LogP contribution in [0.4, 0.5) is 0 Å². The van der Waals surface area contributed by atoms with Crippen LogP contribution in [0.15, 0.2) is 18.2 Å². The number of hydrogen-bond donors (Lipinski definition) is 4. The van der Waals surface area contributed by atoms with Gasteiger partial charge < -0.3 is 5.73 Å². The monoisotopic (exact) mass is 394 g/mol. The molecule has 0 aliphatic carbocycles. The molecule has 0 atom stereocenters. The fourth-order valence-corrected chi connectivity index (χ4v) is 1.77. The van der Waals surface area contributed by atoms with Crippen LogP contribution in [0.5, 0.6) is 0 Å². The van der Waals surface area contributed by atoms with Crippen LogP contribution in [0.3, 0.4) is 0 Å². The minimum absolute atomic E-state index is 0.0384. The van der Waals surface area contributed by atoms with Gasteiger partial charge in [0.25, 0.3) is 5.91 Å². The number of aryl methyl sites for hydroxylation is 1. The number of carbonyl (C=O) groups excluding carboxylic acids is 1. The molecular formula is C10H11IN4OS2. The number of hydrazine groups is 1. The maximum atomic E-state index is 11.8. The van der Waals surface area contributed by atoms with Crippen molar-refractivity contribution in [2.24, 2.45) is 5.73 Å².